The van der Waals surface area contributed by atoms with E-state index in [2.05, 4.69) is 30.3 Å². The third-order valence-corrected chi connectivity index (χ3v) is 12.3. The lowest BCUT2D eigenvalue weighted by Crippen LogP contribution is -2.38. The number of aromatic nitrogens is 3. The third kappa shape index (κ3) is 15.8. The number of carbonyl (C=O) groups is 2. The van der Waals surface area contributed by atoms with Crippen LogP contribution in [0.5, 0.6) is 11.8 Å². The molecule has 0 radical (unpaired) electrons. The van der Waals surface area contributed by atoms with Gasteiger partial charge in [0.25, 0.3) is 0 Å². The van der Waals surface area contributed by atoms with Crippen LogP contribution in [0.1, 0.15) is 40.0 Å². The Bertz CT molecular complexity index is 1920. The molecule has 1 unspecified atom stereocenters. The Kier molecular flexibility index (Phi) is 18.8. The Morgan fingerprint density at radius 3 is 2.27 bits per heavy atom. The van der Waals surface area contributed by atoms with Gasteiger partial charge in [0, 0.05) is 33.4 Å². The predicted octanol–water partition coefficient (Wildman–Crippen LogP) is 5.59. The average Bonchev–Trinajstić information content (AvgIpc) is 3.93. The molecule has 2 amide bonds. The molecule has 0 aliphatic carbocycles. The Morgan fingerprint density at radius 1 is 0.844 bits per heavy atom. The van der Waals surface area contributed by atoms with Gasteiger partial charge >= 0.3 is 12.1 Å². The number of nitrogens with one attached hydrogen (secondary N) is 2. The van der Waals surface area contributed by atoms with Crippen molar-refractivity contribution in [3.63, 3.8) is 0 Å². The number of rotatable bonds is 25. The van der Waals surface area contributed by atoms with E-state index < -0.39 is 25.9 Å². The van der Waals surface area contributed by atoms with Crippen molar-refractivity contribution in [2.24, 2.45) is 0 Å². The maximum absolute atomic E-state index is 12.2. The summed E-state index contributed by atoms with van der Waals surface area (Å²) in [5.74, 6) is 0.355. The molecule has 5 heterocycles. The minimum atomic E-state index is -1.32. The largest absolute Gasteiger partial charge is 0.492 e. The number of carbonyl (C=O) groups excluding carboxylic acids is 2. The molecule has 0 saturated carbocycles. The zero-order chi connectivity index (χ0) is 45.5. The molecule has 356 valence electrons. The lowest BCUT2D eigenvalue weighted by Gasteiger charge is -2.27. The number of halogens is 1. The smallest absolute Gasteiger partial charge is 0.407 e. The molecule has 20 heteroatoms. The van der Waals surface area contributed by atoms with E-state index in [1.807, 2.05) is 34.9 Å². The molecule has 2 N–H and O–H groups in total. The second-order valence-electron chi connectivity index (χ2n) is 18.0. The number of hydrogen-bond donors (Lipinski definition) is 2. The van der Waals surface area contributed by atoms with Crippen LogP contribution in [0.25, 0.3) is 22.4 Å². The normalized spacial score (nSPS) is 21.2. The molecule has 5 atom stereocenters. The number of ether oxygens (including phenoxy) is 11. The first kappa shape index (κ1) is 49.8. The first-order valence-corrected chi connectivity index (χ1v) is 26.3. The predicted molar refractivity (Wildman–Crippen MR) is 240 cm³/mol. The van der Waals surface area contributed by atoms with Gasteiger partial charge in [0.15, 0.2) is 18.0 Å². The lowest BCUT2D eigenvalue weighted by molar-refractivity contribution is -0.202. The SMILES string of the molecule is CC(C)(C)OC(=O)NCCOCCOCCOCC(=O)NCCOc1ccc(-c2nc3nc(O[C@@H]4CO[C@H]5[C@@H]4OC[C@H]5OC4CCCCO4)n(COCC[Si](C)(C)C)c3cc2Cl)cc1. The van der Waals surface area contributed by atoms with Gasteiger partial charge in [-0.1, -0.05) is 31.2 Å². The Labute approximate surface area is 381 Å². The highest BCUT2D eigenvalue weighted by Gasteiger charge is 2.51. The number of hydrogen-bond acceptors (Lipinski definition) is 15. The molecular weight excluding hydrogens is 870 g/mol. The van der Waals surface area contributed by atoms with Crippen molar-refractivity contribution in [1.29, 1.82) is 0 Å². The van der Waals surface area contributed by atoms with Crippen molar-refractivity contribution in [3.05, 3.63) is 35.4 Å². The maximum atomic E-state index is 12.2. The van der Waals surface area contributed by atoms with Crippen LogP contribution in [0.2, 0.25) is 30.7 Å². The Hall–Kier alpha value is -3.63. The fourth-order valence-electron chi connectivity index (χ4n) is 7.01. The van der Waals surface area contributed by atoms with Crippen LogP contribution in [-0.2, 0) is 54.2 Å². The van der Waals surface area contributed by atoms with Crippen molar-refractivity contribution in [3.8, 4) is 23.0 Å². The van der Waals surface area contributed by atoms with Gasteiger partial charge in [0.1, 0.15) is 49.6 Å². The maximum Gasteiger partial charge on any atom is 0.407 e. The summed E-state index contributed by atoms with van der Waals surface area (Å²) in [6.45, 7) is 17.0. The minimum absolute atomic E-state index is 0.0999. The number of alkyl carbamates (subject to hydrolysis) is 1. The molecule has 3 saturated heterocycles. The highest BCUT2D eigenvalue weighted by molar-refractivity contribution is 6.76. The van der Waals surface area contributed by atoms with E-state index >= 15 is 0 Å². The molecule has 3 aromatic rings. The number of fused-ring (bicyclic) bond motifs is 2. The summed E-state index contributed by atoms with van der Waals surface area (Å²) in [6, 6.07) is 10.6. The molecule has 3 aliphatic heterocycles. The first-order chi connectivity index (χ1) is 30.7. The summed E-state index contributed by atoms with van der Waals surface area (Å²) in [6.07, 6.45) is 1.03. The van der Waals surface area contributed by atoms with Crippen LogP contribution >= 0.6 is 11.6 Å². The van der Waals surface area contributed by atoms with E-state index in [0.29, 0.717) is 99.6 Å². The van der Waals surface area contributed by atoms with E-state index in [1.165, 1.54) is 0 Å². The van der Waals surface area contributed by atoms with E-state index in [9.17, 15) is 9.59 Å². The summed E-state index contributed by atoms with van der Waals surface area (Å²) in [5, 5.41) is 5.84. The van der Waals surface area contributed by atoms with Crippen LogP contribution < -0.4 is 20.1 Å². The van der Waals surface area contributed by atoms with Crippen molar-refractivity contribution in [2.75, 3.05) is 85.8 Å². The Balaban J connectivity index is 0.932. The zero-order valence-corrected chi connectivity index (χ0v) is 39.8. The molecule has 64 heavy (non-hydrogen) atoms. The molecule has 0 spiro atoms. The van der Waals surface area contributed by atoms with Crippen molar-refractivity contribution in [2.45, 2.75) is 109 Å². The van der Waals surface area contributed by atoms with Crippen molar-refractivity contribution >= 4 is 42.8 Å². The lowest BCUT2D eigenvalue weighted by atomic mass is 10.1. The third-order valence-electron chi connectivity index (χ3n) is 10.3. The van der Waals surface area contributed by atoms with Gasteiger partial charge in [-0.15, -0.1) is 0 Å². The highest BCUT2D eigenvalue weighted by atomic mass is 35.5. The zero-order valence-electron chi connectivity index (χ0n) is 38.0. The molecular formula is C44H66ClN5O13Si. The summed E-state index contributed by atoms with van der Waals surface area (Å²) < 4.78 is 66.3. The second-order valence-corrected chi connectivity index (χ2v) is 24.0. The number of pyridine rings is 1. The molecule has 0 bridgehead atoms. The van der Waals surface area contributed by atoms with Crippen LogP contribution in [0, 0.1) is 0 Å². The number of imidazole rings is 1. The van der Waals surface area contributed by atoms with Gasteiger partial charge in [0.2, 0.25) is 5.91 Å². The van der Waals surface area contributed by atoms with Gasteiger partial charge in [-0.2, -0.15) is 4.98 Å². The highest BCUT2D eigenvalue weighted by Crippen LogP contribution is 2.36. The quantitative estimate of drug-likeness (QED) is 0.0790. The monoisotopic (exact) mass is 935 g/mol. The van der Waals surface area contributed by atoms with Crippen LogP contribution in [0.3, 0.4) is 0 Å². The van der Waals surface area contributed by atoms with Crippen LogP contribution in [0.15, 0.2) is 30.3 Å². The second kappa shape index (κ2) is 24.2. The van der Waals surface area contributed by atoms with Gasteiger partial charge in [-0.3, -0.25) is 9.36 Å². The summed E-state index contributed by atoms with van der Waals surface area (Å²) in [5.41, 5.74) is 1.93. The Morgan fingerprint density at radius 2 is 1.55 bits per heavy atom. The van der Waals surface area contributed by atoms with Crippen LogP contribution in [0.4, 0.5) is 4.79 Å². The summed E-state index contributed by atoms with van der Waals surface area (Å²) >= 11 is 6.91. The molecule has 2 aromatic heterocycles. The van der Waals surface area contributed by atoms with Gasteiger partial charge < -0.3 is 62.7 Å². The van der Waals surface area contributed by atoms with Crippen molar-refractivity contribution in [1.82, 2.24) is 25.2 Å². The average molecular weight is 937 g/mol. The van der Waals surface area contributed by atoms with E-state index in [4.69, 9.17) is 73.7 Å². The molecule has 1 aromatic carbocycles. The van der Waals surface area contributed by atoms with Gasteiger partial charge in [0.05, 0.1) is 69.0 Å². The summed E-state index contributed by atoms with van der Waals surface area (Å²) in [7, 11) is -1.32. The fraction of sp³-hybridized carbons (Fsp3) is 0.682. The topological polar surface area (TPSA) is 190 Å². The van der Waals surface area contributed by atoms with Crippen LogP contribution in [-0.4, -0.2) is 157 Å². The molecule has 3 aliphatic rings. The van der Waals surface area contributed by atoms with Gasteiger partial charge in [-0.25, -0.2) is 9.78 Å². The van der Waals surface area contributed by atoms with Crippen molar-refractivity contribution < 1.29 is 61.7 Å². The van der Waals surface area contributed by atoms with E-state index in [1.54, 1.807) is 20.8 Å². The minimum Gasteiger partial charge on any atom is -0.492 e. The van der Waals surface area contributed by atoms with E-state index in [0.717, 1.165) is 30.9 Å². The first-order valence-electron chi connectivity index (χ1n) is 22.2. The molecule has 18 nitrogen and oxygen atoms in total. The summed E-state index contributed by atoms with van der Waals surface area (Å²) in [4.78, 5) is 33.6. The standard InChI is InChI=1S/C44H66ClN5O13Si/c1-44(2,3)63-43(52)47-14-17-53-19-20-54-21-22-55-28-36(51)46-15-18-57-31-12-10-30(11-13-31)38-32(45)25-33-41(48-38)49-42(50(33)29-56-23-24-64(4,5)6)62-35-27-60-39-34(26-59-40(35)39)61-37-9-7-8-16-58-37/h10-13,25,34-35,37,39-40H,7-9,14-24,26-29H2,1-6H3,(H,46,51)(H,47,52)/t34-,35-,37?,39-,40-/m1/s1. The number of amides is 2. The number of benzene rings is 1. The molecule has 3 fully saturated rings. The number of nitrogens with zero attached hydrogens (tertiary/aromatic N) is 3. The molecule has 6 rings (SSSR count). The fourth-order valence-corrected chi connectivity index (χ4v) is 8.03. The van der Waals surface area contributed by atoms with E-state index in [-0.39, 0.29) is 57.1 Å². The van der Waals surface area contributed by atoms with Gasteiger partial charge in [-0.05, 0) is 76.4 Å².